The molecule has 0 fully saturated rings. The summed E-state index contributed by atoms with van der Waals surface area (Å²) in [6, 6.07) is 8.40. The van der Waals surface area contributed by atoms with Gasteiger partial charge >= 0.3 is 0 Å². The Morgan fingerprint density at radius 2 is 2.21 bits per heavy atom. The molecular weight excluding hydrogens is 386 g/mol. The van der Waals surface area contributed by atoms with E-state index >= 15 is 0 Å². The molecule has 4 aromatic rings. The molecule has 1 atom stereocenters. The Morgan fingerprint density at radius 3 is 3.07 bits per heavy atom. The van der Waals surface area contributed by atoms with Crippen molar-refractivity contribution in [3.05, 3.63) is 52.8 Å². The van der Waals surface area contributed by atoms with Crippen LogP contribution in [0, 0.1) is 5.92 Å². The Kier molecular flexibility index (Phi) is 4.72. The zero-order valence-electron chi connectivity index (χ0n) is 16.1. The lowest BCUT2D eigenvalue weighted by atomic mass is 9.87. The van der Waals surface area contributed by atoms with Gasteiger partial charge in [-0.15, -0.1) is 21.5 Å². The second-order valence-corrected chi connectivity index (χ2v) is 9.51. The maximum Gasteiger partial charge on any atom is 0.191 e. The van der Waals surface area contributed by atoms with E-state index in [-0.39, 0.29) is 0 Å². The first-order valence-corrected chi connectivity index (χ1v) is 11.6. The van der Waals surface area contributed by atoms with Gasteiger partial charge in [0.1, 0.15) is 5.65 Å². The third kappa shape index (κ3) is 3.26. The highest BCUT2D eigenvalue weighted by atomic mass is 32.2. The van der Waals surface area contributed by atoms with Gasteiger partial charge in [-0.1, -0.05) is 31.2 Å². The third-order valence-electron chi connectivity index (χ3n) is 5.58. The van der Waals surface area contributed by atoms with Gasteiger partial charge < -0.3 is 8.97 Å². The number of thiophene rings is 1. The lowest BCUT2D eigenvalue weighted by Gasteiger charge is -2.19. The number of rotatable bonds is 5. The average Bonchev–Trinajstić information content (AvgIpc) is 3.41. The molecule has 1 unspecified atom stereocenters. The highest BCUT2D eigenvalue weighted by Crippen LogP contribution is 2.38. The minimum Gasteiger partial charge on any atom is -0.307 e. The van der Waals surface area contributed by atoms with Crippen LogP contribution in [0.2, 0.25) is 0 Å². The van der Waals surface area contributed by atoms with E-state index < -0.39 is 0 Å². The molecule has 5 nitrogen and oxygen atoms in total. The van der Waals surface area contributed by atoms with Crippen LogP contribution in [-0.2, 0) is 25.6 Å². The van der Waals surface area contributed by atoms with Gasteiger partial charge in [0.25, 0.3) is 0 Å². The molecule has 0 amide bonds. The molecule has 4 heterocycles. The van der Waals surface area contributed by atoms with Crippen molar-refractivity contribution in [3.63, 3.8) is 0 Å². The SMILES string of the molecule is CCC1CCc2sc(-c3nnc(SCc4cn5ccccc5n4)n3C)cc2C1. The predicted molar refractivity (Wildman–Crippen MR) is 115 cm³/mol. The van der Waals surface area contributed by atoms with Crippen LogP contribution in [0.4, 0.5) is 0 Å². The number of hydrogen-bond acceptors (Lipinski definition) is 5. The van der Waals surface area contributed by atoms with Crippen LogP contribution < -0.4 is 0 Å². The molecule has 0 saturated heterocycles. The quantitative estimate of drug-likeness (QED) is 0.435. The summed E-state index contributed by atoms with van der Waals surface area (Å²) in [6.07, 6.45) is 9.14. The van der Waals surface area contributed by atoms with E-state index in [1.165, 1.54) is 36.1 Å². The van der Waals surface area contributed by atoms with E-state index in [1.54, 1.807) is 16.6 Å². The molecule has 7 heteroatoms. The fourth-order valence-electron chi connectivity index (χ4n) is 3.91. The summed E-state index contributed by atoms with van der Waals surface area (Å²) in [5.74, 6) is 2.60. The molecule has 1 aliphatic carbocycles. The van der Waals surface area contributed by atoms with Crippen molar-refractivity contribution in [2.45, 2.75) is 43.5 Å². The molecule has 0 aromatic carbocycles. The topological polar surface area (TPSA) is 48.0 Å². The van der Waals surface area contributed by atoms with Crippen LogP contribution in [-0.4, -0.2) is 24.1 Å². The van der Waals surface area contributed by atoms with Gasteiger partial charge in [0.2, 0.25) is 0 Å². The van der Waals surface area contributed by atoms with Crippen LogP contribution in [0.25, 0.3) is 16.3 Å². The lowest BCUT2D eigenvalue weighted by molar-refractivity contribution is 0.449. The summed E-state index contributed by atoms with van der Waals surface area (Å²) in [5, 5.41) is 9.88. The first-order chi connectivity index (χ1) is 13.7. The van der Waals surface area contributed by atoms with Crippen LogP contribution in [0.1, 0.15) is 35.9 Å². The molecule has 0 radical (unpaired) electrons. The highest BCUT2D eigenvalue weighted by molar-refractivity contribution is 7.98. The molecule has 0 saturated carbocycles. The number of thioether (sulfide) groups is 1. The number of hydrogen-bond donors (Lipinski definition) is 0. The van der Waals surface area contributed by atoms with Crippen molar-refractivity contribution in [2.75, 3.05) is 0 Å². The lowest BCUT2D eigenvalue weighted by Crippen LogP contribution is -2.10. The highest BCUT2D eigenvalue weighted by Gasteiger charge is 2.22. The normalized spacial score (nSPS) is 16.6. The number of pyridine rings is 1. The largest absolute Gasteiger partial charge is 0.307 e. The molecule has 0 bridgehead atoms. The molecule has 0 N–H and O–H groups in total. The van der Waals surface area contributed by atoms with Crippen LogP contribution >= 0.6 is 23.1 Å². The Hall–Kier alpha value is -2.12. The monoisotopic (exact) mass is 409 g/mol. The molecule has 5 rings (SSSR count). The van der Waals surface area contributed by atoms with Gasteiger partial charge in [0.05, 0.1) is 10.6 Å². The second-order valence-electron chi connectivity index (χ2n) is 7.43. The summed E-state index contributed by atoms with van der Waals surface area (Å²) in [5.41, 5.74) is 3.56. The van der Waals surface area contributed by atoms with E-state index in [0.29, 0.717) is 0 Å². The van der Waals surface area contributed by atoms with Gasteiger partial charge in [0, 0.05) is 30.1 Å². The molecule has 144 valence electrons. The fraction of sp³-hybridized carbons (Fsp3) is 0.381. The summed E-state index contributed by atoms with van der Waals surface area (Å²) >= 11 is 3.59. The van der Waals surface area contributed by atoms with Gasteiger partial charge in [-0.05, 0) is 48.9 Å². The van der Waals surface area contributed by atoms with E-state index in [0.717, 1.165) is 34.0 Å². The van der Waals surface area contributed by atoms with Crippen molar-refractivity contribution in [1.29, 1.82) is 0 Å². The van der Waals surface area contributed by atoms with Crippen LogP contribution in [0.3, 0.4) is 0 Å². The van der Waals surface area contributed by atoms with Gasteiger partial charge in [-0.25, -0.2) is 4.98 Å². The Bertz CT molecular complexity index is 1090. The van der Waals surface area contributed by atoms with Crippen molar-refractivity contribution in [1.82, 2.24) is 24.1 Å². The number of aryl methyl sites for hydroxylation is 1. The summed E-state index contributed by atoms with van der Waals surface area (Å²) in [6.45, 7) is 2.30. The van der Waals surface area contributed by atoms with E-state index in [4.69, 9.17) is 0 Å². The smallest absolute Gasteiger partial charge is 0.191 e. The van der Waals surface area contributed by atoms with E-state index in [2.05, 4.69) is 50.4 Å². The van der Waals surface area contributed by atoms with E-state index in [9.17, 15) is 0 Å². The van der Waals surface area contributed by atoms with Gasteiger partial charge in [0.15, 0.2) is 11.0 Å². The summed E-state index contributed by atoms with van der Waals surface area (Å²) in [7, 11) is 2.06. The second kappa shape index (κ2) is 7.37. The maximum atomic E-state index is 4.67. The number of imidazole rings is 1. The molecule has 0 aliphatic heterocycles. The first kappa shape index (κ1) is 17.9. The van der Waals surface area contributed by atoms with Crippen molar-refractivity contribution < 1.29 is 0 Å². The van der Waals surface area contributed by atoms with Gasteiger partial charge in [-0.2, -0.15) is 0 Å². The standard InChI is InChI=1S/C21H23N5S2/c1-3-14-7-8-17-15(10-14)11-18(28-17)20-23-24-21(25(20)2)27-13-16-12-26-9-5-4-6-19(26)22-16/h4-6,9,11-12,14H,3,7-8,10,13H2,1-2H3. The zero-order chi connectivity index (χ0) is 19.1. The molecular formula is C21H23N5S2. The Balaban J connectivity index is 1.34. The third-order valence-corrected chi connectivity index (χ3v) is 7.87. The Labute approximate surface area is 172 Å². The average molecular weight is 410 g/mol. The molecule has 4 aromatic heterocycles. The van der Waals surface area contributed by atoms with E-state index in [1.807, 2.05) is 35.7 Å². The fourth-order valence-corrected chi connectivity index (χ4v) is 5.93. The summed E-state index contributed by atoms with van der Waals surface area (Å²) < 4.78 is 4.17. The minimum absolute atomic E-state index is 0.784. The number of nitrogens with zero attached hydrogens (tertiary/aromatic N) is 5. The predicted octanol–water partition coefficient (Wildman–Crippen LogP) is 5.00. The van der Waals surface area contributed by atoms with Crippen molar-refractivity contribution in [2.24, 2.45) is 13.0 Å². The molecule has 28 heavy (non-hydrogen) atoms. The van der Waals surface area contributed by atoms with Crippen molar-refractivity contribution in [3.8, 4) is 10.7 Å². The van der Waals surface area contributed by atoms with Crippen LogP contribution in [0.5, 0.6) is 0 Å². The molecule has 0 spiro atoms. The number of aromatic nitrogens is 5. The van der Waals surface area contributed by atoms with Crippen LogP contribution in [0.15, 0.2) is 41.8 Å². The first-order valence-electron chi connectivity index (χ1n) is 9.78. The zero-order valence-corrected chi connectivity index (χ0v) is 17.8. The maximum absolute atomic E-state index is 4.67. The Morgan fingerprint density at radius 1 is 1.29 bits per heavy atom. The minimum atomic E-state index is 0.784. The molecule has 1 aliphatic rings. The summed E-state index contributed by atoms with van der Waals surface area (Å²) in [4.78, 5) is 7.46. The number of fused-ring (bicyclic) bond motifs is 2. The van der Waals surface area contributed by atoms with Crippen molar-refractivity contribution >= 4 is 28.7 Å². The van der Waals surface area contributed by atoms with Gasteiger partial charge in [-0.3, -0.25) is 0 Å².